The Morgan fingerprint density at radius 3 is 2.40 bits per heavy atom. The first-order valence-electron chi connectivity index (χ1n) is 14.4. The summed E-state index contributed by atoms with van der Waals surface area (Å²) in [5.74, 6) is -1.85. The molecule has 2 fully saturated rings. The van der Waals surface area contributed by atoms with Crippen LogP contribution < -0.4 is 15.1 Å². The topological polar surface area (TPSA) is 90.0 Å². The van der Waals surface area contributed by atoms with Crippen molar-refractivity contribution in [3.05, 3.63) is 95.6 Å². The average molecular weight is 581 g/mol. The number of benzene rings is 3. The zero-order valence-corrected chi connectivity index (χ0v) is 24.2. The molecule has 8 nitrogen and oxygen atoms in total. The molecule has 0 radical (unpaired) electrons. The highest BCUT2D eigenvalue weighted by atomic mass is 32.2. The van der Waals surface area contributed by atoms with Crippen molar-refractivity contribution in [2.75, 3.05) is 34.9 Å². The van der Waals surface area contributed by atoms with Crippen LogP contribution in [0, 0.1) is 11.8 Å². The SMILES string of the molecule is CSCC[C@@H]1N[C@]2(C(=O)N(CC(=O)N3CCc4ccccc43)c3ccccc32)[C@H]2C(=O)N(Cc3ccccc3)C(=O)[C@H]12. The summed E-state index contributed by atoms with van der Waals surface area (Å²) in [4.78, 5) is 61.2. The highest BCUT2D eigenvalue weighted by Crippen LogP contribution is 2.55. The van der Waals surface area contributed by atoms with E-state index in [9.17, 15) is 19.2 Å². The lowest BCUT2D eigenvalue weighted by Crippen LogP contribution is -2.56. The molecule has 0 saturated carbocycles. The monoisotopic (exact) mass is 580 g/mol. The van der Waals surface area contributed by atoms with Crippen LogP contribution in [0.15, 0.2) is 78.9 Å². The second-order valence-electron chi connectivity index (χ2n) is 11.4. The first-order chi connectivity index (χ1) is 20.5. The van der Waals surface area contributed by atoms with Crippen LogP contribution in [-0.2, 0) is 37.7 Å². The molecule has 0 bridgehead atoms. The highest BCUT2D eigenvalue weighted by molar-refractivity contribution is 7.98. The number of nitrogens with one attached hydrogen (secondary N) is 1. The van der Waals surface area contributed by atoms with Gasteiger partial charge in [-0.05, 0) is 48.1 Å². The van der Waals surface area contributed by atoms with Gasteiger partial charge in [-0.3, -0.25) is 29.4 Å². The van der Waals surface area contributed by atoms with Gasteiger partial charge in [-0.15, -0.1) is 0 Å². The molecule has 4 aliphatic heterocycles. The largest absolute Gasteiger partial charge is 0.310 e. The van der Waals surface area contributed by atoms with Crippen LogP contribution in [0.5, 0.6) is 0 Å². The van der Waals surface area contributed by atoms with Gasteiger partial charge in [0.1, 0.15) is 12.1 Å². The Bertz CT molecular complexity index is 1600. The van der Waals surface area contributed by atoms with E-state index in [1.807, 2.05) is 85.1 Å². The fourth-order valence-electron chi connectivity index (χ4n) is 7.40. The van der Waals surface area contributed by atoms with Gasteiger partial charge in [-0.25, -0.2) is 0 Å². The maximum atomic E-state index is 14.7. The van der Waals surface area contributed by atoms with Crippen LogP contribution in [-0.4, -0.2) is 59.7 Å². The van der Waals surface area contributed by atoms with Gasteiger partial charge in [0.15, 0.2) is 0 Å². The summed E-state index contributed by atoms with van der Waals surface area (Å²) in [6, 6.07) is 24.3. The lowest BCUT2D eigenvalue weighted by Gasteiger charge is -2.31. The number of carbonyl (C=O) groups excluding carboxylic acids is 4. The van der Waals surface area contributed by atoms with Crippen LogP contribution in [0.3, 0.4) is 0 Å². The number of anilines is 2. The number of rotatable bonds is 7. The summed E-state index contributed by atoms with van der Waals surface area (Å²) in [6.45, 7) is 0.591. The van der Waals surface area contributed by atoms with E-state index in [2.05, 4.69) is 5.32 Å². The normalized spacial score (nSPS) is 25.9. The van der Waals surface area contributed by atoms with Crippen molar-refractivity contribution in [3.8, 4) is 0 Å². The minimum atomic E-state index is -1.41. The fraction of sp³-hybridized carbons (Fsp3) is 0.333. The first kappa shape index (κ1) is 26.9. The minimum absolute atomic E-state index is 0.143. The second kappa shape index (κ2) is 10.4. The standard InChI is InChI=1S/C33H32N4O4S/c1-42-18-16-24-28-29(31(40)37(30(28)39)19-21-9-3-2-4-10-21)33(34-24)23-12-6-8-14-26(23)36(32(33)41)20-27(38)35-17-15-22-11-5-7-13-25(22)35/h2-14,24,28-29,34H,15-20H2,1H3/t24-,28+,29+,33-/m0/s1. The Hall–Kier alpha value is -3.95. The predicted molar refractivity (Wildman–Crippen MR) is 162 cm³/mol. The summed E-state index contributed by atoms with van der Waals surface area (Å²) in [5.41, 5.74) is 2.71. The molecule has 4 atom stereocenters. The number of thioether (sulfide) groups is 1. The number of para-hydroxylation sites is 2. The highest BCUT2D eigenvalue weighted by Gasteiger charge is 2.71. The van der Waals surface area contributed by atoms with Crippen molar-refractivity contribution in [2.24, 2.45) is 11.8 Å². The van der Waals surface area contributed by atoms with E-state index >= 15 is 0 Å². The zero-order valence-electron chi connectivity index (χ0n) is 23.4. The van der Waals surface area contributed by atoms with E-state index < -0.39 is 17.4 Å². The first-order valence-corrected chi connectivity index (χ1v) is 15.8. The predicted octanol–water partition coefficient (Wildman–Crippen LogP) is 3.34. The average Bonchev–Trinajstić information content (AvgIpc) is 3.72. The van der Waals surface area contributed by atoms with Crippen LogP contribution in [0.1, 0.15) is 23.1 Å². The third kappa shape index (κ3) is 3.94. The van der Waals surface area contributed by atoms with E-state index in [0.29, 0.717) is 24.2 Å². The fourth-order valence-corrected chi connectivity index (χ4v) is 7.89. The third-order valence-corrected chi connectivity index (χ3v) is 9.90. The van der Waals surface area contributed by atoms with Crippen molar-refractivity contribution in [2.45, 2.75) is 31.0 Å². The number of hydrogen-bond acceptors (Lipinski definition) is 6. The summed E-state index contributed by atoms with van der Waals surface area (Å²) >= 11 is 1.67. The maximum absolute atomic E-state index is 14.7. The Morgan fingerprint density at radius 2 is 1.62 bits per heavy atom. The summed E-state index contributed by atoms with van der Waals surface area (Å²) in [5, 5.41) is 3.55. The van der Waals surface area contributed by atoms with E-state index in [4.69, 9.17) is 0 Å². The number of nitrogens with zero attached hydrogens (tertiary/aromatic N) is 3. The van der Waals surface area contributed by atoms with Crippen LogP contribution >= 0.6 is 11.8 Å². The third-order valence-electron chi connectivity index (χ3n) is 9.26. The van der Waals surface area contributed by atoms with Crippen LogP contribution in [0.25, 0.3) is 0 Å². The zero-order chi connectivity index (χ0) is 29.0. The second-order valence-corrected chi connectivity index (χ2v) is 12.4. The molecule has 3 aromatic carbocycles. The molecule has 3 aromatic rings. The van der Waals surface area contributed by atoms with Crippen molar-refractivity contribution < 1.29 is 19.2 Å². The summed E-state index contributed by atoms with van der Waals surface area (Å²) in [6.07, 6.45) is 3.42. The van der Waals surface area contributed by atoms with Gasteiger partial charge >= 0.3 is 0 Å². The quantitative estimate of drug-likeness (QED) is 0.432. The molecule has 0 aliphatic carbocycles. The van der Waals surface area contributed by atoms with Gasteiger partial charge in [0, 0.05) is 29.5 Å². The molecule has 0 unspecified atom stereocenters. The van der Waals surface area contributed by atoms with Gasteiger partial charge in [0.25, 0.3) is 5.91 Å². The number of fused-ring (bicyclic) bond motifs is 5. The van der Waals surface area contributed by atoms with Crippen molar-refractivity contribution in [3.63, 3.8) is 0 Å². The summed E-state index contributed by atoms with van der Waals surface area (Å²) in [7, 11) is 0. The summed E-state index contributed by atoms with van der Waals surface area (Å²) < 4.78 is 0. The Balaban J connectivity index is 1.26. The molecular formula is C33H32N4O4S. The van der Waals surface area contributed by atoms with Gasteiger partial charge in [-0.1, -0.05) is 66.7 Å². The molecule has 4 heterocycles. The van der Waals surface area contributed by atoms with E-state index in [1.54, 1.807) is 16.7 Å². The maximum Gasteiger partial charge on any atom is 0.253 e. The van der Waals surface area contributed by atoms with Gasteiger partial charge in [0.2, 0.25) is 17.7 Å². The van der Waals surface area contributed by atoms with Crippen LogP contribution in [0.2, 0.25) is 0 Å². The van der Waals surface area contributed by atoms with E-state index in [-0.39, 0.29) is 42.8 Å². The molecular weight excluding hydrogens is 548 g/mol. The molecule has 42 heavy (non-hydrogen) atoms. The molecule has 2 saturated heterocycles. The Morgan fingerprint density at radius 1 is 0.905 bits per heavy atom. The molecule has 4 amide bonds. The van der Waals surface area contributed by atoms with E-state index in [1.165, 1.54) is 9.80 Å². The molecule has 214 valence electrons. The van der Waals surface area contributed by atoms with E-state index in [0.717, 1.165) is 29.0 Å². The molecule has 9 heteroatoms. The smallest absolute Gasteiger partial charge is 0.253 e. The lowest BCUT2D eigenvalue weighted by molar-refractivity contribution is -0.143. The number of hydrogen-bond donors (Lipinski definition) is 1. The Kier molecular flexibility index (Phi) is 6.66. The number of likely N-dealkylation sites (tertiary alicyclic amines) is 1. The number of amides is 4. The molecule has 1 spiro atoms. The number of carbonyl (C=O) groups is 4. The van der Waals surface area contributed by atoms with Crippen molar-refractivity contribution in [1.29, 1.82) is 0 Å². The number of imide groups is 1. The van der Waals surface area contributed by atoms with Gasteiger partial charge in [-0.2, -0.15) is 11.8 Å². The van der Waals surface area contributed by atoms with Gasteiger partial charge < -0.3 is 9.80 Å². The Labute approximate surface area is 249 Å². The lowest BCUT2D eigenvalue weighted by atomic mass is 9.76. The molecule has 4 aliphatic rings. The minimum Gasteiger partial charge on any atom is -0.310 e. The van der Waals surface area contributed by atoms with Gasteiger partial charge in [0.05, 0.1) is 18.4 Å². The van der Waals surface area contributed by atoms with Crippen molar-refractivity contribution >= 4 is 46.8 Å². The molecule has 7 rings (SSSR count). The van der Waals surface area contributed by atoms with Crippen LogP contribution in [0.4, 0.5) is 11.4 Å². The van der Waals surface area contributed by atoms with Crippen molar-refractivity contribution in [1.82, 2.24) is 10.2 Å². The molecule has 0 aromatic heterocycles. The molecule has 1 N–H and O–H groups in total.